The number of hydrogen-bond acceptors (Lipinski definition) is 5. The number of fused-ring (bicyclic) bond motifs is 1. The minimum absolute atomic E-state index is 0.00781. The number of carbonyl (C=O) groups excluding carboxylic acids is 1. The van der Waals surface area contributed by atoms with Gasteiger partial charge in [-0.2, -0.15) is 0 Å². The summed E-state index contributed by atoms with van der Waals surface area (Å²) in [5.74, 6) is 0.668. The van der Waals surface area contributed by atoms with Crippen LogP contribution in [0.15, 0.2) is 24.3 Å². The molecule has 2 aliphatic heterocycles. The summed E-state index contributed by atoms with van der Waals surface area (Å²) in [4.78, 5) is 15.0. The molecule has 25 heavy (non-hydrogen) atoms. The summed E-state index contributed by atoms with van der Waals surface area (Å²) < 4.78 is 16.5. The molecule has 6 nitrogen and oxygen atoms in total. The van der Waals surface area contributed by atoms with Gasteiger partial charge in [0, 0.05) is 55.9 Å². The van der Waals surface area contributed by atoms with Gasteiger partial charge in [-0.3, -0.25) is 4.79 Å². The van der Waals surface area contributed by atoms with E-state index in [2.05, 4.69) is 16.3 Å². The van der Waals surface area contributed by atoms with Crippen molar-refractivity contribution >= 4 is 11.6 Å². The quantitative estimate of drug-likeness (QED) is 0.871. The zero-order chi connectivity index (χ0) is 17.2. The molecular formula is C19H26N2O4. The molecule has 0 spiro atoms. The van der Waals surface area contributed by atoms with Crippen molar-refractivity contribution in [3.63, 3.8) is 0 Å². The van der Waals surface area contributed by atoms with Crippen LogP contribution >= 0.6 is 0 Å². The van der Waals surface area contributed by atoms with E-state index in [0.717, 1.165) is 45.0 Å². The van der Waals surface area contributed by atoms with Crippen LogP contribution in [0.3, 0.4) is 0 Å². The van der Waals surface area contributed by atoms with Crippen molar-refractivity contribution in [1.82, 2.24) is 5.32 Å². The lowest BCUT2D eigenvalue weighted by Crippen LogP contribution is -2.62. The predicted octanol–water partition coefficient (Wildman–Crippen LogP) is 1.30. The molecule has 6 heteroatoms. The Bertz CT molecular complexity index is 617. The number of hydrogen-bond donors (Lipinski definition) is 1. The number of ether oxygens (including phenoxy) is 3. The fourth-order valence-electron chi connectivity index (χ4n) is 4.33. The Morgan fingerprint density at radius 1 is 1.32 bits per heavy atom. The second-order valence-electron chi connectivity index (χ2n) is 7.06. The molecule has 136 valence electrons. The lowest BCUT2D eigenvalue weighted by atomic mass is 9.67. The fraction of sp³-hybridized carbons (Fsp3) is 0.632. The van der Waals surface area contributed by atoms with Gasteiger partial charge in [0.15, 0.2) is 0 Å². The Morgan fingerprint density at radius 3 is 2.96 bits per heavy atom. The molecule has 3 aliphatic rings. The van der Waals surface area contributed by atoms with E-state index in [-0.39, 0.29) is 24.0 Å². The van der Waals surface area contributed by atoms with Crippen LogP contribution in [0.1, 0.15) is 16.8 Å². The number of rotatable bonds is 5. The number of anilines is 1. The summed E-state index contributed by atoms with van der Waals surface area (Å²) >= 11 is 0. The molecule has 0 unspecified atom stereocenters. The van der Waals surface area contributed by atoms with Crippen LogP contribution in [0.5, 0.6) is 0 Å². The zero-order valence-corrected chi connectivity index (χ0v) is 14.6. The first-order valence-electron chi connectivity index (χ1n) is 9.12. The van der Waals surface area contributed by atoms with Crippen LogP contribution in [0.4, 0.5) is 5.69 Å². The molecule has 3 fully saturated rings. The van der Waals surface area contributed by atoms with E-state index < -0.39 is 0 Å². The summed E-state index contributed by atoms with van der Waals surface area (Å²) in [6.45, 7) is 4.62. The van der Waals surface area contributed by atoms with Crippen molar-refractivity contribution in [2.45, 2.75) is 18.6 Å². The minimum atomic E-state index is -0.00781. The van der Waals surface area contributed by atoms with Gasteiger partial charge in [-0.15, -0.1) is 0 Å². The second-order valence-corrected chi connectivity index (χ2v) is 7.06. The maximum Gasteiger partial charge on any atom is 0.251 e. The zero-order valence-electron chi connectivity index (χ0n) is 14.6. The van der Waals surface area contributed by atoms with Crippen molar-refractivity contribution < 1.29 is 19.0 Å². The summed E-state index contributed by atoms with van der Waals surface area (Å²) in [6, 6.07) is 8.01. The van der Waals surface area contributed by atoms with Gasteiger partial charge in [0.2, 0.25) is 0 Å². The van der Waals surface area contributed by atoms with E-state index in [1.807, 2.05) is 18.2 Å². The average molecular weight is 346 g/mol. The SMILES string of the molecule is COC[C@@H]1[C@H](NC(=O)c2cccc(N3CCOCC3)c2)[C@@H]2CCO[C@H]12. The predicted molar refractivity (Wildman–Crippen MR) is 93.9 cm³/mol. The molecule has 2 saturated heterocycles. The minimum Gasteiger partial charge on any atom is -0.384 e. The highest BCUT2D eigenvalue weighted by Crippen LogP contribution is 2.43. The molecule has 0 aromatic heterocycles. The maximum absolute atomic E-state index is 12.8. The van der Waals surface area contributed by atoms with Gasteiger partial charge in [-0.25, -0.2) is 0 Å². The molecule has 1 aromatic carbocycles. The molecule has 2 heterocycles. The van der Waals surface area contributed by atoms with Gasteiger partial charge < -0.3 is 24.4 Å². The Balaban J connectivity index is 1.44. The number of carbonyl (C=O) groups is 1. The number of benzene rings is 1. The number of nitrogens with zero attached hydrogens (tertiary/aromatic N) is 1. The molecule has 1 aromatic rings. The van der Waals surface area contributed by atoms with Crippen LogP contribution < -0.4 is 10.2 Å². The molecule has 1 N–H and O–H groups in total. The highest BCUT2D eigenvalue weighted by atomic mass is 16.5. The molecular weight excluding hydrogens is 320 g/mol. The molecule has 1 aliphatic carbocycles. The third-order valence-corrected chi connectivity index (χ3v) is 5.67. The largest absolute Gasteiger partial charge is 0.384 e. The lowest BCUT2D eigenvalue weighted by molar-refractivity contribution is -0.0809. The molecule has 1 saturated carbocycles. The van der Waals surface area contributed by atoms with Crippen molar-refractivity contribution in [1.29, 1.82) is 0 Å². The van der Waals surface area contributed by atoms with E-state index in [0.29, 0.717) is 18.1 Å². The number of amides is 1. The van der Waals surface area contributed by atoms with Gasteiger partial charge in [0.1, 0.15) is 0 Å². The van der Waals surface area contributed by atoms with Gasteiger partial charge in [-0.1, -0.05) is 6.07 Å². The third-order valence-electron chi connectivity index (χ3n) is 5.67. The van der Waals surface area contributed by atoms with Crippen LogP contribution in [-0.2, 0) is 14.2 Å². The van der Waals surface area contributed by atoms with Crippen LogP contribution in [0.25, 0.3) is 0 Å². The second kappa shape index (κ2) is 7.32. The van der Waals surface area contributed by atoms with E-state index in [4.69, 9.17) is 14.2 Å². The average Bonchev–Trinajstić information content (AvgIpc) is 3.09. The van der Waals surface area contributed by atoms with E-state index in [9.17, 15) is 4.79 Å². The Hall–Kier alpha value is -1.63. The van der Waals surface area contributed by atoms with Gasteiger partial charge in [0.25, 0.3) is 5.91 Å². The number of morpholine rings is 1. The van der Waals surface area contributed by atoms with Crippen molar-refractivity contribution in [3.8, 4) is 0 Å². The summed E-state index contributed by atoms with van der Waals surface area (Å²) in [5.41, 5.74) is 1.79. The Labute approximate surface area is 148 Å². The number of nitrogens with one attached hydrogen (secondary N) is 1. The third kappa shape index (κ3) is 3.26. The highest BCUT2D eigenvalue weighted by molar-refractivity contribution is 5.95. The Kier molecular flexibility index (Phi) is 4.92. The van der Waals surface area contributed by atoms with Gasteiger partial charge in [-0.05, 0) is 24.6 Å². The molecule has 4 atom stereocenters. The summed E-state index contributed by atoms with van der Waals surface area (Å²) in [6.07, 6.45) is 1.26. The first-order chi connectivity index (χ1) is 12.3. The van der Waals surface area contributed by atoms with Crippen LogP contribution in [0.2, 0.25) is 0 Å². The van der Waals surface area contributed by atoms with Gasteiger partial charge >= 0.3 is 0 Å². The summed E-state index contributed by atoms with van der Waals surface area (Å²) in [5, 5.41) is 3.23. The summed E-state index contributed by atoms with van der Waals surface area (Å²) in [7, 11) is 1.70. The molecule has 0 radical (unpaired) electrons. The molecule has 1 amide bonds. The molecule has 4 rings (SSSR count). The highest BCUT2D eigenvalue weighted by Gasteiger charge is 2.54. The first-order valence-corrected chi connectivity index (χ1v) is 9.12. The van der Waals surface area contributed by atoms with Gasteiger partial charge in [0.05, 0.1) is 25.9 Å². The van der Waals surface area contributed by atoms with E-state index in [1.54, 1.807) is 7.11 Å². The maximum atomic E-state index is 12.8. The van der Waals surface area contributed by atoms with Crippen LogP contribution in [0, 0.1) is 11.8 Å². The smallest absolute Gasteiger partial charge is 0.251 e. The van der Waals surface area contributed by atoms with Crippen LogP contribution in [-0.4, -0.2) is 64.7 Å². The monoisotopic (exact) mass is 346 g/mol. The van der Waals surface area contributed by atoms with Crippen molar-refractivity contribution in [3.05, 3.63) is 29.8 Å². The van der Waals surface area contributed by atoms with Crippen molar-refractivity contribution in [2.75, 3.05) is 51.5 Å². The fourth-order valence-corrected chi connectivity index (χ4v) is 4.33. The Morgan fingerprint density at radius 2 is 2.16 bits per heavy atom. The lowest BCUT2D eigenvalue weighted by Gasteiger charge is -2.47. The van der Waals surface area contributed by atoms with E-state index >= 15 is 0 Å². The number of methoxy groups -OCH3 is 1. The first kappa shape index (κ1) is 16.8. The molecule has 0 bridgehead atoms. The standard InChI is InChI=1S/C19H26N2O4/c1-23-12-16-17(15-5-8-25-18(15)16)20-19(22)13-3-2-4-14(11-13)21-6-9-24-10-7-21/h2-4,11,15-18H,5-10,12H2,1H3,(H,20,22)/t15-,16+,17+,18-/m0/s1. The normalized spacial score (nSPS) is 31.3. The topological polar surface area (TPSA) is 60.0 Å². The van der Waals surface area contributed by atoms with E-state index in [1.165, 1.54) is 0 Å². The van der Waals surface area contributed by atoms with Crippen molar-refractivity contribution in [2.24, 2.45) is 11.8 Å².